The Morgan fingerprint density at radius 1 is 1.31 bits per heavy atom. The summed E-state index contributed by atoms with van der Waals surface area (Å²) in [6.45, 7) is 0. The first kappa shape index (κ1) is 9.83. The minimum Gasteiger partial charge on any atom is -0.739 e. The van der Waals surface area contributed by atoms with Crippen LogP contribution in [0.1, 0.15) is 0 Å². The lowest BCUT2D eigenvalue weighted by Crippen LogP contribution is -2.44. The fraction of sp³-hybridized carbons (Fsp3) is 0. The van der Waals surface area contributed by atoms with E-state index in [0.717, 1.165) is 18.2 Å². The molecule has 9 heteroatoms. The molecule has 0 amide bonds. The second kappa shape index (κ2) is 3.15. The molecule has 0 unspecified atom stereocenters. The molecule has 1 aromatic carbocycles. The van der Waals surface area contributed by atoms with Crippen molar-refractivity contribution < 1.29 is 14.5 Å². The van der Waals surface area contributed by atoms with E-state index in [9.17, 15) is 20.5 Å². The molecule has 0 atom stereocenters. The molecule has 16 heavy (non-hydrogen) atoms. The fourth-order valence-corrected chi connectivity index (χ4v) is 1.26. The van der Waals surface area contributed by atoms with Gasteiger partial charge >= 0.3 is 11.5 Å². The van der Waals surface area contributed by atoms with Gasteiger partial charge in [0.2, 0.25) is 5.10 Å². The number of nitro benzene ring substituents is 1. The molecular weight excluding hydrogens is 218 g/mol. The predicted octanol–water partition coefficient (Wildman–Crippen LogP) is -1.01. The number of anilines is 1. The van der Waals surface area contributed by atoms with Crippen LogP contribution in [0.5, 0.6) is 0 Å². The fourth-order valence-electron chi connectivity index (χ4n) is 1.26. The average molecular weight is 223 g/mol. The van der Waals surface area contributed by atoms with Crippen molar-refractivity contribution in [1.82, 2.24) is 5.10 Å². The molecule has 1 heterocycles. The first-order valence-corrected chi connectivity index (χ1v) is 4.08. The van der Waals surface area contributed by atoms with Crippen LogP contribution < -0.4 is 15.3 Å². The SMILES string of the molecule is Nc1n[n+]([O-])c2cc([N+](=O)[O-])ccc2[n+]1[O-]. The molecule has 2 N–H and O–H groups in total. The second-order valence-corrected chi connectivity index (χ2v) is 2.96. The van der Waals surface area contributed by atoms with Crippen molar-refractivity contribution in [3.63, 3.8) is 0 Å². The van der Waals surface area contributed by atoms with E-state index >= 15 is 0 Å². The maximum Gasteiger partial charge on any atom is 0.458 e. The number of nitrogens with two attached hydrogens (primary N) is 1. The summed E-state index contributed by atoms with van der Waals surface area (Å²) in [6, 6.07) is 3.21. The molecule has 82 valence electrons. The summed E-state index contributed by atoms with van der Waals surface area (Å²) in [6.07, 6.45) is 0. The molecule has 0 spiro atoms. The summed E-state index contributed by atoms with van der Waals surface area (Å²) >= 11 is 0. The van der Waals surface area contributed by atoms with E-state index in [2.05, 4.69) is 5.10 Å². The van der Waals surface area contributed by atoms with Crippen LogP contribution in [0.15, 0.2) is 18.2 Å². The van der Waals surface area contributed by atoms with Gasteiger partial charge < -0.3 is 10.4 Å². The minimum absolute atomic E-state index is 0.0755. The summed E-state index contributed by atoms with van der Waals surface area (Å²) in [5.41, 5.74) is 4.58. The van der Waals surface area contributed by atoms with Crippen LogP contribution in [0.2, 0.25) is 0 Å². The van der Waals surface area contributed by atoms with E-state index in [1.165, 1.54) is 0 Å². The third-order valence-corrected chi connectivity index (χ3v) is 2.00. The highest BCUT2D eigenvalue weighted by Gasteiger charge is 2.20. The quantitative estimate of drug-likeness (QED) is 0.284. The largest absolute Gasteiger partial charge is 0.739 e. The normalized spacial score (nSPS) is 10.5. The summed E-state index contributed by atoms with van der Waals surface area (Å²) < 4.78 is 0.230. The van der Waals surface area contributed by atoms with Crippen LogP contribution in [0, 0.1) is 20.5 Å². The summed E-state index contributed by atoms with van der Waals surface area (Å²) in [5, 5.41) is 36.3. The van der Waals surface area contributed by atoms with Crippen molar-refractivity contribution in [2.75, 3.05) is 5.73 Å². The van der Waals surface area contributed by atoms with E-state index < -0.39 is 10.9 Å². The van der Waals surface area contributed by atoms with Gasteiger partial charge in [0.1, 0.15) is 0 Å². The molecule has 0 fully saturated rings. The Balaban J connectivity index is 2.84. The van der Waals surface area contributed by atoms with Crippen LogP contribution >= 0.6 is 0 Å². The lowest BCUT2D eigenvalue weighted by Gasteiger charge is -2.06. The van der Waals surface area contributed by atoms with Gasteiger partial charge in [0.15, 0.2) is 5.52 Å². The van der Waals surface area contributed by atoms with Crippen LogP contribution in [-0.4, -0.2) is 10.0 Å². The van der Waals surface area contributed by atoms with Gasteiger partial charge in [0.05, 0.1) is 11.0 Å². The lowest BCUT2D eigenvalue weighted by molar-refractivity contribution is -0.672. The number of nitro groups is 1. The van der Waals surface area contributed by atoms with E-state index in [4.69, 9.17) is 5.73 Å². The van der Waals surface area contributed by atoms with E-state index in [-0.39, 0.29) is 26.3 Å². The number of benzene rings is 1. The maximum absolute atomic E-state index is 11.4. The Morgan fingerprint density at radius 2 is 2.00 bits per heavy atom. The molecule has 0 aliphatic rings. The molecule has 0 saturated heterocycles. The maximum atomic E-state index is 11.4. The number of nitrogen functional groups attached to an aromatic ring is 1. The lowest BCUT2D eigenvalue weighted by atomic mass is 10.3. The first-order chi connectivity index (χ1) is 7.50. The topological polar surface area (TPSA) is 136 Å². The highest BCUT2D eigenvalue weighted by molar-refractivity contribution is 5.71. The zero-order valence-corrected chi connectivity index (χ0v) is 7.73. The van der Waals surface area contributed by atoms with Crippen LogP contribution in [0.25, 0.3) is 11.0 Å². The third kappa shape index (κ3) is 1.30. The second-order valence-electron chi connectivity index (χ2n) is 2.96. The zero-order valence-electron chi connectivity index (χ0n) is 7.73. The Hall–Kier alpha value is -2.71. The molecule has 0 radical (unpaired) electrons. The molecule has 2 rings (SSSR count). The number of hydrogen-bond acceptors (Lipinski definition) is 6. The van der Waals surface area contributed by atoms with Gasteiger partial charge in [0.25, 0.3) is 5.69 Å². The average Bonchev–Trinajstić information content (AvgIpc) is 2.25. The molecule has 1 aromatic heterocycles. The van der Waals surface area contributed by atoms with E-state index in [1.54, 1.807) is 0 Å². The molecule has 0 aliphatic heterocycles. The molecule has 2 aromatic rings. The zero-order chi connectivity index (χ0) is 11.9. The first-order valence-electron chi connectivity index (χ1n) is 4.08. The van der Waals surface area contributed by atoms with Crippen molar-refractivity contribution in [3.05, 3.63) is 38.7 Å². The van der Waals surface area contributed by atoms with Crippen molar-refractivity contribution in [2.24, 2.45) is 0 Å². The molecular formula is C7H5N5O4. The van der Waals surface area contributed by atoms with Crippen LogP contribution in [-0.2, 0) is 0 Å². The van der Waals surface area contributed by atoms with Gasteiger partial charge in [-0.1, -0.05) is 0 Å². The van der Waals surface area contributed by atoms with Crippen molar-refractivity contribution in [2.45, 2.75) is 0 Å². The monoisotopic (exact) mass is 223 g/mol. The Bertz CT molecular complexity index is 599. The number of aromatic nitrogens is 3. The Kier molecular flexibility index (Phi) is 1.94. The number of hydrogen-bond donors (Lipinski definition) is 1. The van der Waals surface area contributed by atoms with Crippen LogP contribution in [0.3, 0.4) is 0 Å². The number of nitrogens with zero attached hydrogens (tertiary/aromatic N) is 4. The molecule has 0 aliphatic carbocycles. The van der Waals surface area contributed by atoms with Gasteiger partial charge in [-0.05, 0) is 6.07 Å². The van der Waals surface area contributed by atoms with E-state index in [1.807, 2.05) is 0 Å². The summed E-state index contributed by atoms with van der Waals surface area (Å²) in [5.74, 6) is -0.517. The Morgan fingerprint density at radius 3 is 2.62 bits per heavy atom. The van der Waals surface area contributed by atoms with Crippen molar-refractivity contribution in [3.8, 4) is 0 Å². The van der Waals surface area contributed by atoms with Crippen molar-refractivity contribution in [1.29, 1.82) is 0 Å². The minimum atomic E-state index is -0.676. The van der Waals surface area contributed by atoms with Gasteiger partial charge in [-0.3, -0.25) is 15.8 Å². The number of rotatable bonds is 1. The van der Waals surface area contributed by atoms with Gasteiger partial charge in [-0.2, -0.15) is 0 Å². The van der Waals surface area contributed by atoms with Gasteiger partial charge in [0, 0.05) is 10.9 Å². The standard InChI is InChI=1S/C7H5N5O4/c8-7-9-11(14)6-3-4(12(15)16)1-2-5(6)10(7)13/h1-3H,(H2,8,9). The number of fused-ring (bicyclic) bond motifs is 1. The summed E-state index contributed by atoms with van der Waals surface area (Å²) in [4.78, 5) is 9.87. The molecule has 0 bridgehead atoms. The third-order valence-electron chi connectivity index (χ3n) is 2.00. The van der Waals surface area contributed by atoms with Crippen molar-refractivity contribution >= 4 is 22.7 Å². The van der Waals surface area contributed by atoms with Gasteiger partial charge in [-0.15, -0.1) is 0 Å². The van der Waals surface area contributed by atoms with Gasteiger partial charge in [-0.25, -0.2) is 4.73 Å². The summed E-state index contributed by atoms with van der Waals surface area (Å²) in [7, 11) is 0. The smallest absolute Gasteiger partial charge is 0.458 e. The molecule has 0 saturated carbocycles. The highest BCUT2D eigenvalue weighted by atomic mass is 16.6. The van der Waals surface area contributed by atoms with E-state index in [0.29, 0.717) is 0 Å². The molecule has 9 nitrogen and oxygen atoms in total. The highest BCUT2D eigenvalue weighted by Crippen LogP contribution is 2.15. The predicted molar refractivity (Wildman–Crippen MR) is 50.7 cm³/mol. The Labute approximate surface area is 87.6 Å². The number of non-ortho nitro benzene ring substituents is 1. The van der Waals surface area contributed by atoms with Crippen LogP contribution in [0.4, 0.5) is 11.6 Å².